The quantitative estimate of drug-likeness (QED) is 0.516. The van der Waals surface area contributed by atoms with Gasteiger partial charge in [-0.25, -0.2) is 0 Å². The van der Waals surface area contributed by atoms with E-state index in [-0.39, 0.29) is 17.6 Å². The summed E-state index contributed by atoms with van der Waals surface area (Å²) in [7, 11) is 3.94. The van der Waals surface area contributed by atoms with Gasteiger partial charge in [-0.1, -0.05) is 31.2 Å². The third kappa shape index (κ3) is 5.59. The van der Waals surface area contributed by atoms with Crippen molar-refractivity contribution in [3.8, 4) is 0 Å². The predicted octanol–water partition coefficient (Wildman–Crippen LogP) is 3.03. The Balaban J connectivity index is 1.81. The molecule has 1 heterocycles. The van der Waals surface area contributed by atoms with Crippen molar-refractivity contribution in [1.82, 2.24) is 10.2 Å². The molecule has 1 amide bonds. The zero-order chi connectivity index (χ0) is 22.4. The summed E-state index contributed by atoms with van der Waals surface area (Å²) in [4.78, 5) is 28.0. The van der Waals surface area contributed by atoms with E-state index in [1.54, 1.807) is 6.07 Å². The van der Waals surface area contributed by atoms with Gasteiger partial charge in [0.05, 0.1) is 35.4 Å². The molecule has 1 N–H and O–H groups in total. The summed E-state index contributed by atoms with van der Waals surface area (Å²) in [5.74, 6) is -0.317. The van der Waals surface area contributed by atoms with Gasteiger partial charge >= 0.3 is 0 Å². The van der Waals surface area contributed by atoms with Crippen molar-refractivity contribution in [3.05, 3.63) is 69.3 Å². The molecule has 3 rings (SSSR count). The Hall–Kier alpha value is -2.97. The highest BCUT2D eigenvalue weighted by Crippen LogP contribution is 2.27. The van der Waals surface area contributed by atoms with E-state index >= 15 is 0 Å². The maximum absolute atomic E-state index is 13.1. The van der Waals surface area contributed by atoms with Gasteiger partial charge in [-0.2, -0.15) is 0 Å². The van der Waals surface area contributed by atoms with E-state index in [1.165, 1.54) is 17.7 Å². The van der Waals surface area contributed by atoms with Crippen LogP contribution in [-0.4, -0.2) is 62.7 Å². The number of hydrogen-bond acceptors (Lipinski definition) is 6. The number of anilines is 1. The van der Waals surface area contributed by atoms with Crippen molar-refractivity contribution >= 4 is 17.3 Å². The second kappa shape index (κ2) is 10.4. The number of rotatable bonds is 8. The first-order valence-electron chi connectivity index (χ1n) is 10.5. The number of carbonyl (C=O) groups is 1. The van der Waals surface area contributed by atoms with Gasteiger partial charge in [0, 0.05) is 31.8 Å². The van der Waals surface area contributed by atoms with Crippen LogP contribution in [-0.2, 0) is 11.2 Å². The van der Waals surface area contributed by atoms with Crippen LogP contribution in [0.3, 0.4) is 0 Å². The van der Waals surface area contributed by atoms with Crippen LogP contribution in [0.2, 0.25) is 0 Å². The van der Waals surface area contributed by atoms with E-state index in [0.29, 0.717) is 44.1 Å². The molecular weight excluding hydrogens is 396 g/mol. The largest absolute Gasteiger partial charge is 0.378 e. The van der Waals surface area contributed by atoms with Crippen molar-refractivity contribution in [2.24, 2.45) is 0 Å². The third-order valence-electron chi connectivity index (χ3n) is 5.64. The molecule has 0 aliphatic carbocycles. The maximum atomic E-state index is 13.1. The molecule has 0 spiro atoms. The molecule has 1 atom stereocenters. The van der Waals surface area contributed by atoms with Crippen LogP contribution in [0.5, 0.6) is 0 Å². The fourth-order valence-corrected chi connectivity index (χ4v) is 3.76. The number of morpholine rings is 1. The van der Waals surface area contributed by atoms with E-state index in [0.717, 1.165) is 12.0 Å². The summed E-state index contributed by atoms with van der Waals surface area (Å²) in [6, 6.07) is 12.8. The molecular formula is C23H30N4O4. The molecule has 1 saturated heterocycles. The van der Waals surface area contributed by atoms with Crippen molar-refractivity contribution in [3.63, 3.8) is 0 Å². The Morgan fingerprint density at radius 2 is 1.87 bits per heavy atom. The molecule has 0 aromatic heterocycles. The first kappa shape index (κ1) is 22.7. The fourth-order valence-electron chi connectivity index (χ4n) is 3.76. The van der Waals surface area contributed by atoms with E-state index in [2.05, 4.69) is 41.4 Å². The van der Waals surface area contributed by atoms with Crippen LogP contribution in [0.15, 0.2) is 42.5 Å². The minimum Gasteiger partial charge on any atom is -0.378 e. The standard InChI is InChI=1S/C23H30N4O4/c1-4-17-5-7-18(8-6-17)22(25(2)3)16-24-23(28)20-15-19(27(29)30)9-10-21(20)26-11-13-31-14-12-26/h5-10,15,22H,4,11-14,16H2,1-3H3,(H,24,28). The molecule has 1 aliphatic heterocycles. The van der Waals surface area contributed by atoms with Gasteiger partial charge in [-0.05, 0) is 37.7 Å². The number of nitro benzene ring substituents is 1. The van der Waals surface area contributed by atoms with Gasteiger partial charge in [0.1, 0.15) is 0 Å². The molecule has 8 nitrogen and oxygen atoms in total. The monoisotopic (exact) mass is 426 g/mol. The molecule has 31 heavy (non-hydrogen) atoms. The smallest absolute Gasteiger partial charge is 0.270 e. The van der Waals surface area contributed by atoms with Crippen LogP contribution in [0, 0.1) is 10.1 Å². The fraction of sp³-hybridized carbons (Fsp3) is 0.435. The lowest BCUT2D eigenvalue weighted by atomic mass is 10.0. The molecule has 0 radical (unpaired) electrons. The van der Waals surface area contributed by atoms with Crippen molar-refractivity contribution < 1.29 is 14.5 Å². The summed E-state index contributed by atoms with van der Waals surface area (Å²) in [5, 5.41) is 14.3. The highest BCUT2D eigenvalue weighted by molar-refractivity contribution is 6.00. The number of carbonyl (C=O) groups excluding carboxylic acids is 1. The van der Waals surface area contributed by atoms with Gasteiger partial charge < -0.3 is 19.9 Å². The molecule has 2 aromatic carbocycles. The minimum absolute atomic E-state index is 0.0135. The SMILES string of the molecule is CCc1ccc(C(CNC(=O)c2cc([N+](=O)[O-])ccc2N2CCOCC2)N(C)C)cc1. The molecule has 2 aromatic rings. The lowest BCUT2D eigenvalue weighted by Gasteiger charge is -2.30. The van der Waals surface area contributed by atoms with Crippen LogP contribution in [0.25, 0.3) is 0 Å². The van der Waals surface area contributed by atoms with Crippen LogP contribution < -0.4 is 10.2 Å². The van der Waals surface area contributed by atoms with Gasteiger partial charge in [-0.15, -0.1) is 0 Å². The average molecular weight is 427 g/mol. The topological polar surface area (TPSA) is 87.9 Å². The Labute approximate surface area is 182 Å². The lowest BCUT2D eigenvalue weighted by Crippen LogP contribution is -2.39. The van der Waals surface area contributed by atoms with E-state index < -0.39 is 4.92 Å². The van der Waals surface area contributed by atoms with Gasteiger partial charge in [0.15, 0.2) is 0 Å². The number of benzene rings is 2. The van der Waals surface area contributed by atoms with Crippen LogP contribution >= 0.6 is 0 Å². The first-order chi connectivity index (χ1) is 14.9. The highest BCUT2D eigenvalue weighted by atomic mass is 16.6. The summed E-state index contributed by atoms with van der Waals surface area (Å²) >= 11 is 0. The normalized spacial score (nSPS) is 15.0. The molecule has 0 saturated carbocycles. The summed E-state index contributed by atoms with van der Waals surface area (Å²) in [6.45, 7) is 4.92. The molecule has 166 valence electrons. The Morgan fingerprint density at radius 1 is 1.19 bits per heavy atom. The van der Waals surface area contributed by atoms with E-state index in [1.807, 2.05) is 19.0 Å². The number of non-ortho nitro benzene ring substituents is 1. The van der Waals surface area contributed by atoms with Crippen LogP contribution in [0.4, 0.5) is 11.4 Å². The van der Waals surface area contributed by atoms with Gasteiger partial charge in [-0.3, -0.25) is 14.9 Å². The number of hydrogen-bond donors (Lipinski definition) is 1. The molecule has 1 fully saturated rings. The number of nitrogens with one attached hydrogen (secondary N) is 1. The van der Waals surface area contributed by atoms with Crippen molar-refractivity contribution in [1.29, 1.82) is 0 Å². The third-order valence-corrected chi connectivity index (χ3v) is 5.64. The van der Waals surface area contributed by atoms with Crippen LogP contribution in [0.1, 0.15) is 34.5 Å². The Kier molecular flexibility index (Phi) is 7.59. The minimum atomic E-state index is -0.474. The molecule has 0 bridgehead atoms. The lowest BCUT2D eigenvalue weighted by molar-refractivity contribution is -0.384. The number of nitro groups is 1. The number of ether oxygens (including phenoxy) is 1. The number of amides is 1. The Morgan fingerprint density at radius 3 is 2.45 bits per heavy atom. The molecule has 1 aliphatic rings. The zero-order valence-electron chi connectivity index (χ0n) is 18.3. The molecule has 1 unspecified atom stereocenters. The second-order valence-corrected chi connectivity index (χ2v) is 7.84. The summed E-state index contributed by atoms with van der Waals surface area (Å²) in [6.07, 6.45) is 0.973. The predicted molar refractivity (Wildman–Crippen MR) is 121 cm³/mol. The van der Waals surface area contributed by atoms with Crippen molar-refractivity contribution in [2.75, 3.05) is 51.8 Å². The maximum Gasteiger partial charge on any atom is 0.270 e. The van der Waals surface area contributed by atoms with E-state index in [9.17, 15) is 14.9 Å². The van der Waals surface area contributed by atoms with Gasteiger partial charge in [0.25, 0.3) is 11.6 Å². The first-order valence-corrected chi connectivity index (χ1v) is 10.5. The van der Waals surface area contributed by atoms with E-state index in [4.69, 9.17) is 4.74 Å². The zero-order valence-corrected chi connectivity index (χ0v) is 18.3. The average Bonchev–Trinajstić information content (AvgIpc) is 2.79. The van der Waals surface area contributed by atoms with Crippen molar-refractivity contribution in [2.45, 2.75) is 19.4 Å². The summed E-state index contributed by atoms with van der Waals surface area (Å²) < 4.78 is 5.40. The Bertz CT molecular complexity index is 908. The highest BCUT2D eigenvalue weighted by Gasteiger charge is 2.23. The molecule has 8 heteroatoms. The number of nitrogens with zero attached hydrogens (tertiary/aromatic N) is 3. The summed E-state index contributed by atoms with van der Waals surface area (Å²) in [5.41, 5.74) is 3.28. The number of aryl methyl sites for hydroxylation is 1. The second-order valence-electron chi connectivity index (χ2n) is 7.84. The van der Waals surface area contributed by atoms with Gasteiger partial charge in [0.2, 0.25) is 0 Å². The number of likely N-dealkylation sites (N-methyl/N-ethyl adjacent to an activating group) is 1.